The Hall–Kier alpha value is -1.22. The predicted octanol–water partition coefficient (Wildman–Crippen LogP) is 2.80. The van der Waals surface area contributed by atoms with E-state index in [-0.39, 0.29) is 29.7 Å². The van der Waals surface area contributed by atoms with E-state index >= 15 is 0 Å². The van der Waals surface area contributed by atoms with Gasteiger partial charge >= 0.3 is 0 Å². The topological polar surface area (TPSA) is 60.3 Å². The average Bonchev–Trinajstić information content (AvgIpc) is 3.12. The molecule has 0 aliphatic carbocycles. The lowest BCUT2D eigenvalue weighted by atomic mass is 10.1. The minimum Gasteiger partial charge on any atom is -0.508 e. The van der Waals surface area contributed by atoms with Crippen molar-refractivity contribution in [2.75, 3.05) is 53.4 Å². The summed E-state index contributed by atoms with van der Waals surface area (Å²) in [5.41, 5.74) is 0.912. The van der Waals surface area contributed by atoms with Gasteiger partial charge in [0.05, 0.1) is 7.11 Å². The Kier molecular flexibility index (Phi) is 10.8. The molecule has 1 aromatic carbocycles. The number of aliphatic imine (C=N–C) groups is 1. The van der Waals surface area contributed by atoms with Crippen molar-refractivity contribution in [1.29, 1.82) is 0 Å². The molecular weight excluding hydrogens is 455 g/mol. The van der Waals surface area contributed by atoms with Crippen molar-refractivity contribution in [1.82, 2.24) is 15.1 Å². The maximum Gasteiger partial charge on any atom is 0.193 e. The molecule has 2 N–H and O–H groups in total. The minimum absolute atomic E-state index is 0. The quantitative estimate of drug-likeness (QED) is 0.334. The molecule has 27 heavy (non-hydrogen) atoms. The van der Waals surface area contributed by atoms with E-state index in [9.17, 15) is 5.11 Å². The van der Waals surface area contributed by atoms with Crippen molar-refractivity contribution in [2.24, 2.45) is 10.9 Å². The van der Waals surface area contributed by atoms with Crippen molar-refractivity contribution in [3.63, 3.8) is 0 Å². The van der Waals surface area contributed by atoms with E-state index in [2.05, 4.69) is 34.0 Å². The van der Waals surface area contributed by atoms with Gasteiger partial charge in [-0.2, -0.15) is 0 Å². The monoisotopic (exact) mass is 490 g/mol. The first-order valence-corrected chi connectivity index (χ1v) is 9.65. The number of methoxy groups -OCH3 is 1. The van der Waals surface area contributed by atoms with Crippen LogP contribution < -0.4 is 10.1 Å². The van der Waals surface area contributed by atoms with Crippen LogP contribution in [0.5, 0.6) is 11.5 Å². The fraction of sp³-hybridized carbons (Fsp3) is 0.650. The molecule has 1 aromatic rings. The summed E-state index contributed by atoms with van der Waals surface area (Å²) in [6, 6.07) is 5.44. The molecule has 1 aliphatic heterocycles. The summed E-state index contributed by atoms with van der Waals surface area (Å²) in [4.78, 5) is 9.29. The van der Waals surface area contributed by atoms with Gasteiger partial charge in [-0.25, -0.2) is 0 Å². The van der Waals surface area contributed by atoms with E-state index in [1.54, 1.807) is 13.2 Å². The zero-order valence-electron chi connectivity index (χ0n) is 17.1. The number of nitrogens with one attached hydrogen (secondary N) is 1. The molecule has 2 rings (SSSR count). The van der Waals surface area contributed by atoms with Gasteiger partial charge in [0.1, 0.15) is 11.5 Å². The van der Waals surface area contributed by atoms with Gasteiger partial charge in [-0.15, -0.1) is 24.0 Å². The molecular formula is C20H35IN4O2. The Morgan fingerprint density at radius 2 is 2.11 bits per heavy atom. The van der Waals surface area contributed by atoms with Crippen LogP contribution in [0.3, 0.4) is 0 Å². The molecule has 6 nitrogen and oxygen atoms in total. The highest BCUT2D eigenvalue weighted by Gasteiger charge is 2.25. The summed E-state index contributed by atoms with van der Waals surface area (Å²) in [6.45, 7) is 10.7. The van der Waals surface area contributed by atoms with Gasteiger partial charge in [-0.3, -0.25) is 4.99 Å². The van der Waals surface area contributed by atoms with E-state index in [1.165, 1.54) is 13.0 Å². The number of likely N-dealkylation sites (tertiary alicyclic amines) is 1. The Morgan fingerprint density at radius 3 is 2.70 bits per heavy atom. The Labute approximate surface area is 181 Å². The number of benzene rings is 1. The van der Waals surface area contributed by atoms with Gasteiger partial charge < -0.3 is 25.0 Å². The van der Waals surface area contributed by atoms with Crippen molar-refractivity contribution < 1.29 is 9.84 Å². The molecule has 7 heteroatoms. The fourth-order valence-corrected chi connectivity index (χ4v) is 3.54. The zero-order valence-corrected chi connectivity index (χ0v) is 19.4. The lowest BCUT2D eigenvalue weighted by molar-refractivity contribution is 0.255. The standard InChI is InChI=1S/C20H34N4O2.HI/c1-5-23(6-2)14-16-10-12-24(15-16)20(21-3)22-11-9-17-7-8-18(26-4)13-19(17)25;/h7-8,13,16,25H,5-6,9-12,14-15H2,1-4H3,(H,21,22);1H. The highest BCUT2D eigenvalue weighted by molar-refractivity contribution is 14.0. The molecule has 0 saturated carbocycles. The molecule has 1 unspecified atom stereocenters. The fourth-order valence-electron chi connectivity index (χ4n) is 3.54. The highest BCUT2D eigenvalue weighted by Crippen LogP contribution is 2.23. The lowest BCUT2D eigenvalue weighted by Gasteiger charge is -2.24. The highest BCUT2D eigenvalue weighted by atomic mass is 127. The van der Waals surface area contributed by atoms with Crippen LogP contribution in [0, 0.1) is 5.92 Å². The summed E-state index contributed by atoms with van der Waals surface area (Å²) in [7, 11) is 3.44. The van der Waals surface area contributed by atoms with Crippen LogP contribution in [0.2, 0.25) is 0 Å². The summed E-state index contributed by atoms with van der Waals surface area (Å²) >= 11 is 0. The number of nitrogens with zero attached hydrogens (tertiary/aromatic N) is 3. The number of rotatable bonds is 8. The van der Waals surface area contributed by atoms with E-state index in [1.807, 2.05) is 19.2 Å². The molecule has 1 fully saturated rings. The maximum atomic E-state index is 10.1. The summed E-state index contributed by atoms with van der Waals surface area (Å²) in [5, 5.41) is 13.5. The number of aromatic hydroxyl groups is 1. The second-order valence-electron chi connectivity index (χ2n) is 6.81. The number of phenols is 1. The molecule has 1 heterocycles. The van der Waals surface area contributed by atoms with Gasteiger partial charge in [0.25, 0.3) is 0 Å². The molecule has 0 amide bonds. The lowest BCUT2D eigenvalue weighted by Crippen LogP contribution is -2.41. The molecule has 0 spiro atoms. The summed E-state index contributed by atoms with van der Waals surface area (Å²) in [6.07, 6.45) is 1.96. The molecule has 1 aliphatic rings. The molecule has 1 atom stereocenters. The average molecular weight is 490 g/mol. The van der Waals surface area contributed by atoms with Crippen LogP contribution in [-0.4, -0.2) is 74.3 Å². The smallest absolute Gasteiger partial charge is 0.193 e. The molecule has 0 aromatic heterocycles. The van der Waals surface area contributed by atoms with Gasteiger partial charge in [0.15, 0.2) is 5.96 Å². The van der Waals surface area contributed by atoms with Crippen molar-refractivity contribution in [3.8, 4) is 11.5 Å². The van der Waals surface area contributed by atoms with Crippen molar-refractivity contribution >= 4 is 29.9 Å². The number of ether oxygens (including phenoxy) is 1. The Balaban J connectivity index is 0.00000364. The molecule has 0 bridgehead atoms. The summed E-state index contributed by atoms with van der Waals surface area (Å²) in [5.74, 6) is 2.62. The Morgan fingerprint density at radius 1 is 1.37 bits per heavy atom. The Bertz CT molecular complexity index is 593. The van der Waals surface area contributed by atoms with Crippen LogP contribution in [-0.2, 0) is 6.42 Å². The van der Waals surface area contributed by atoms with E-state index in [0.717, 1.165) is 50.7 Å². The first kappa shape index (κ1) is 23.8. The van der Waals surface area contributed by atoms with Gasteiger partial charge in [0.2, 0.25) is 0 Å². The van der Waals surface area contributed by atoms with Crippen molar-refractivity contribution in [3.05, 3.63) is 23.8 Å². The second kappa shape index (κ2) is 12.3. The number of phenolic OH excluding ortho intramolecular Hbond substituents is 1. The van der Waals surface area contributed by atoms with Crippen LogP contribution >= 0.6 is 24.0 Å². The zero-order chi connectivity index (χ0) is 18.9. The first-order chi connectivity index (χ1) is 12.6. The van der Waals surface area contributed by atoms with Gasteiger partial charge in [-0.1, -0.05) is 19.9 Å². The summed E-state index contributed by atoms with van der Waals surface area (Å²) < 4.78 is 5.13. The number of hydrogen-bond donors (Lipinski definition) is 2. The van der Waals surface area contributed by atoms with E-state index in [4.69, 9.17) is 4.74 Å². The van der Waals surface area contributed by atoms with E-state index in [0.29, 0.717) is 11.7 Å². The first-order valence-electron chi connectivity index (χ1n) is 9.65. The maximum absolute atomic E-state index is 10.1. The van der Waals surface area contributed by atoms with Crippen LogP contribution in [0.15, 0.2) is 23.2 Å². The van der Waals surface area contributed by atoms with Crippen LogP contribution in [0.1, 0.15) is 25.8 Å². The third-order valence-electron chi connectivity index (χ3n) is 5.18. The molecule has 1 saturated heterocycles. The largest absolute Gasteiger partial charge is 0.508 e. The van der Waals surface area contributed by atoms with Gasteiger partial charge in [-0.05, 0) is 43.5 Å². The number of hydrogen-bond acceptors (Lipinski definition) is 4. The van der Waals surface area contributed by atoms with Crippen LogP contribution in [0.4, 0.5) is 0 Å². The molecule has 0 radical (unpaired) electrons. The third kappa shape index (κ3) is 7.03. The number of guanidine groups is 1. The number of halogens is 1. The SMILES string of the molecule is CCN(CC)CC1CCN(C(=NC)NCCc2ccc(OC)cc2O)C1.I. The molecule has 154 valence electrons. The predicted molar refractivity (Wildman–Crippen MR) is 123 cm³/mol. The van der Waals surface area contributed by atoms with Crippen molar-refractivity contribution in [2.45, 2.75) is 26.7 Å². The van der Waals surface area contributed by atoms with Gasteiger partial charge in [0, 0.05) is 39.3 Å². The van der Waals surface area contributed by atoms with E-state index < -0.39 is 0 Å². The minimum atomic E-state index is 0. The normalized spacial score (nSPS) is 17.1. The third-order valence-corrected chi connectivity index (χ3v) is 5.18. The second-order valence-corrected chi connectivity index (χ2v) is 6.81. The van der Waals surface area contributed by atoms with Crippen LogP contribution in [0.25, 0.3) is 0 Å².